The Morgan fingerprint density at radius 1 is 1.38 bits per heavy atom. The number of carboxylic acid groups (broad SMARTS) is 1. The minimum absolute atomic E-state index is 0.0494. The van der Waals surface area contributed by atoms with Crippen LogP contribution in [0.1, 0.15) is 29.8 Å². The SMILES string of the molecule is CC(C)OCCN(C)S(=O)(=O)Cc1cccc(C(=O)O)c1. The first-order chi connectivity index (χ1) is 9.72. The number of likely N-dealkylation sites (N-methyl/N-ethyl adjacent to an activating group) is 1. The molecule has 0 aliphatic rings. The summed E-state index contributed by atoms with van der Waals surface area (Å²) in [5.74, 6) is -1.31. The van der Waals surface area contributed by atoms with Crippen LogP contribution in [0.5, 0.6) is 0 Å². The molecule has 0 saturated heterocycles. The molecular formula is C14H21NO5S. The molecule has 0 heterocycles. The Morgan fingerprint density at radius 2 is 2.05 bits per heavy atom. The Balaban J connectivity index is 2.71. The first-order valence-electron chi connectivity index (χ1n) is 6.60. The van der Waals surface area contributed by atoms with Crippen molar-refractivity contribution < 1.29 is 23.1 Å². The fourth-order valence-electron chi connectivity index (χ4n) is 1.67. The molecule has 0 spiro atoms. The molecule has 118 valence electrons. The third kappa shape index (κ3) is 5.82. The first kappa shape index (κ1) is 17.6. The molecule has 1 aromatic rings. The minimum atomic E-state index is -3.49. The standard InChI is InChI=1S/C14H21NO5S/c1-11(2)20-8-7-15(3)21(18,19)10-12-5-4-6-13(9-12)14(16)17/h4-6,9,11H,7-8,10H2,1-3H3,(H,16,17). The highest BCUT2D eigenvalue weighted by atomic mass is 32.2. The van der Waals surface area contributed by atoms with Crippen LogP contribution in [0.15, 0.2) is 24.3 Å². The zero-order valence-corrected chi connectivity index (χ0v) is 13.3. The van der Waals surface area contributed by atoms with Crippen LogP contribution in [-0.4, -0.2) is 50.1 Å². The topological polar surface area (TPSA) is 83.9 Å². The van der Waals surface area contributed by atoms with Gasteiger partial charge in [-0.2, -0.15) is 0 Å². The van der Waals surface area contributed by atoms with E-state index >= 15 is 0 Å². The fraction of sp³-hybridized carbons (Fsp3) is 0.500. The number of hydrogen-bond donors (Lipinski definition) is 1. The van der Waals surface area contributed by atoms with Crippen LogP contribution in [0, 0.1) is 0 Å². The molecule has 0 bridgehead atoms. The van der Waals surface area contributed by atoms with Crippen molar-refractivity contribution in [2.45, 2.75) is 25.7 Å². The van der Waals surface area contributed by atoms with E-state index in [-0.39, 0.29) is 24.0 Å². The van der Waals surface area contributed by atoms with Gasteiger partial charge in [0.05, 0.1) is 24.0 Å². The van der Waals surface area contributed by atoms with Crippen molar-refractivity contribution in [1.29, 1.82) is 0 Å². The molecule has 1 aromatic carbocycles. The second-order valence-corrected chi connectivity index (χ2v) is 7.08. The third-order valence-electron chi connectivity index (χ3n) is 2.86. The van der Waals surface area contributed by atoms with E-state index in [0.717, 1.165) is 0 Å². The summed E-state index contributed by atoms with van der Waals surface area (Å²) in [4.78, 5) is 10.9. The van der Waals surface area contributed by atoms with E-state index in [1.165, 1.54) is 29.6 Å². The van der Waals surface area contributed by atoms with Gasteiger partial charge in [-0.25, -0.2) is 17.5 Å². The molecule has 0 amide bonds. The molecule has 6 nitrogen and oxygen atoms in total. The van der Waals surface area contributed by atoms with E-state index in [2.05, 4.69) is 0 Å². The Labute approximate surface area is 125 Å². The van der Waals surface area contributed by atoms with Gasteiger partial charge in [0, 0.05) is 13.6 Å². The number of ether oxygens (including phenoxy) is 1. The number of benzene rings is 1. The van der Waals surface area contributed by atoms with Crippen LogP contribution >= 0.6 is 0 Å². The Hall–Kier alpha value is -1.44. The molecule has 0 aliphatic carbocycles. The molecule has 0 fully saturated rings. The van der Waals surface area contributed by atoms with Crippen molar-refractivity contribution in [2.75, 3.05) is 20.2 Å². The van der Waals surface area contributed by atoms with Crippen LogP contribution in [0.3, 0.4) is 0 Å². The lowest BCUT2D eigenvalue weighted by atomic mass is 10.1. The fourth-order valence-corrected chi connectivity index (χ4v) is 2.84. The molecule has 0 aromatic heterocycles. The predicted octanol–water partition coefficient (Wildman–Crippen LogP) is 1.57. The highest BCUT2D eigenvalue weighted by Crippen LogP contribution is 2.12. The first-order valence-corrected chi connectivity index (χ1v) is 8.21. The number of hydrogen-bond acceptors (Lipinski definition) is 4. The highest BCUT2D eigenvalue weighted by molar-refractivity contribution is 7.88. The van der Waals surface area contributed by atoms with Crippen LogP contribution in [-0.2, 0) is 20.5 Å². The number of carboxylic acids is 1. The van der Waals surface area contributed by atoms with Gasteiger partial charge in [-0.05, 0) is 31.5 Å². The van der Waals surface area contributed by atoms with Crippen LogP contribution in [0.2, 0.25) is 0 Å². The quantitative estimate of drug-likeness (QED) is 0.787. The summed E-state index contributed by atoms with van der Waals surface area (Å²) in [6.45, 7) is 4.35. The zero-order valence-electron chi connectivity index (χ0n) is 12.4. The number of aromatic carboxylic acids is 1. The van der Waals surface area contributed by atoms with Crippen molar-refractivity contribution >= 4 is 16.0 Å². The van der Waals surface area contributed by atoms with Gasteiger partial charge >= 0.3 is 5.97 Å². The monoisotopic (exact) mass is 315 g/mol. The normalized spacial score (nSPS) is 12.0. The zero-order chi connectivity index (χ0) is 16.0. The molecule has 0 atom stereocenters. The van der Waals surface area contributed by atoms with Gasteiger partial charge in [0.25, 0.3) is 0 Å². The summed E-state index contributed by atoms with van der Waals surface area (Å²) >= 11 is 0. The maximum atomic E-state index is 12.2. The van der Waals surface area contributed by atoms with Gasteiger partial charge in [-0.3, -0.25) is 0 Å². The van der Waals surface area contributed by atoms with E-state index in [1.807, 2.05) is 13.8 Å². The highest BCUT2D eigenvalue weighted by Gasteiger charge is 2.19. The number of rotatable bonds is 8. The molecule has 7 heteroatoms. The van der Waals surface area contributed by atoms with Gasteiger partial charge in [0.2, 0.25) is 10.0 Å². The Kier molecular flexibility index (Phi) is 6.32. The minimum Gasteiger partial charge on any atom is -0.478 e. The third-order valence-corrected chi connectivity index (χ3v) is 4.69. The van der Waals surface area contributed by atoms with Gasteiger partial charge < -0.3 is 9.84 Å². The number of sulfonamides is 1. The second kappa shape index (κ2) is 7.53. The molecule has 0 unspecified atom stereocenters. The van der Waals surface area contributed by atoms with Crippen LogP contribution < -0.4 is 0 Å². The molecular weight excluding hydrogens is 294 g/mol. The largest absolute Gasteiger partial charge is 0.478 e. The van der Waals surface area contributed by atoms with Crippen LogP contribution in [0.25, 0.3) is 0 Å². The van der Waals surface area contributed by atoms with Gasteiger partial charge in [0.1, 0.15) is 0 Å². The van der Waals surface area contributed by atoms with E-state index in [0.29, 0.717) is 12.2 Å². The van der Waals surface area contributed by atoms with E-state index < -0.39 is 16.0 Å². The van der Waals surface area contributed by atoms with Gasteiger partial charge in [-0.1, -0.05) is 12.1 Å². The smallest absolute Gasteiger partial charge is 0.335 e. The van der Waals surface area contributed by atoms with Crippen molar-refractivity contribution in [3.8, 4) is 0 Å². The van der Waals surface area contributed by atoms with Crippen LogP contribution in [0.4, 0.5) is 0 Å². The summed E-state index contributed by atoms with van der Waals surface area (Å²) in [5.41, 5.74) is 0.528. The maximum absolute atomic E-state index is 12.2. The van der Waals surface area contributed by atoms with E-state index in [1.54, 1.807) is 6.07 Å². The molecule has 0 aliphatic heterocycles. The average Bonchev–Trinajstić information content (AvgIpc) is 2.37. The molecule has 0 radical (unpaired) electrons. The van der Waals surface area contributed by atoms with Crippen molar-refractivity contribution in [1.82, 2.24) is 4.31 Å². The summed E-state index contributed by atoms with van der Waals surface area (Å²) in [5, 5.41) is 8.91. The maximum Gasteiger partial charge on any atom is 0.335 e. The van der Waals surface area contributed by atoms with E-state index in [9.17, 15) is 13.2 Å². The number of nitrogens with zero attached hydrogens (tertiary/aromatic N) is 1. The second-order valence-electron chi connectivity index (χ2n) is 5.00. The van der Waals surface area contributed by atoms with Gasteiger partial charge in [0.15, 0.2) is 0 Å². The lowest BCUT2D eigenvalue weighted by Gasteiger charge is -2.18. The number of carbonyl (C=O) groups is 1. The lowest BCUT2D eigenvalue weighted by Crippen LogP contribution is -2.31. The molecule has 0 saturated carbocycles. The van der Waals surface area contributed by atoms with Crippen molar-refractivity contribution in [2.24, 2.45) is 0 Å². The molecule has 1 N–H and O–H groups in total. The van der Waals surface area contributed by atoms with Crippen molar-refractivity contribution in [3.05, 3.63) is 35.4 Å². The Bertz CT molecular complexity index is 583. The van der Waals surface area contributed by atoms with Gasteiger partial charge in [-0.15, -0.1) is 0 Å². The lowest BCUT2D eigenvalue weighted by molar-refractivity contribution is 0.0696. The summed E-state index contributed by atoms with van der Waals surface area (Å²) in [6.07, 6.45) is 0.0494. The predicted molar refractivity (Wildman–Crippen MR) is 79.7 cm³/mol. The summed E-state index contributed by atoms with van der Waals surface area (Å²) in [7, 11) is -2.01. The molecule has 1 rings (SSSR count). The summed E-state index contributed by atoms with van der Waals surface area (Å²) < 4.78 is 30.9. The van der Waals surface area contributed by atoms with E-state index in [4.69, 9.17) is 9.84 Å². The molecule has 21 heavy (non-hydrogen) atoms. The summed E-state index contributed by atoms with van der Waals surface area (Å²) in [6, 6.07) is 5.94. The Morgan fingerprint density at radius 3 is 2.62 bits per heavy atom. The van der Waals surface area contributed by atoms with Crippen molar-refractivity contribution in [3.63, 3.8) is 0 Å². The average molecular weight is 315 g/mol.